The molecule has 0 fully saturated rings. The van der Waals surface area contributed by atoms with E-state index in [2.05, 4.69) is 187 Å². The number of aliphatic hydroxyl groups is 1. The summed E-state index contributed by atoms with van der Waals surface area (Å²) in [5, 5.41) is 9.96. The molecule has 0 radical (unpaired) electrons. The Bertz CT molecular complexity index is 1910. The average molecular weight is 823 g/mol. The van der Waals surface area contributed by atoms with Crippen molar-refractivity contribution >= 4 is 29.6 Å². The summed E-state index contributed by atoms with van der Waals surface area (Å²) in [6, 6.07) is 64.4. The Labute approximate surface area is 360 Å². The largest absolute Gasteiger partial charge is 0.444 e. The number of hydrogen-bond acceptors (Lipinski definition) is 6. The second-order valence-corrected chi connectivity index (χ2v) is 18.3. The highest BCUT2D eigenvalue weighted by molar-refractivity contribution is 8.00. The van der Waals surface area contributed by atoms with Gasteiger partial charge in [-0.1, -0.05) is 182 Å². The minimum Gasteiger partial charge on any atom is -0.444 e. The number of hydrogen-bond donors (Lipinski definition) is 1. The van der Waals surface area contributed by atoms with Crippen molar-refractivity contribution < 1.29 is 14.6 Å². The van der Waals surface area contributed by atoms with Crippen LogP contribution in [0.5, 0.6) is 0 Å². The Morgan fingerprint density at radius 2 is 0.797 bits per heavy atom. The van der Waals surface area contributed by atoms with Crippen molar-refractivity contribution in [1.29, 1.82) is 0 Å². The summed E-state index contributed by atoms with van der Waals surface area (Å²) < 4.78 is 5.13. The van der Waals surface area contributed by atoms with Gasteiger partial charge in [0.05, 0.1) is 9.49 Å². The van der Waals surface area contributed by atoms with E-state index in [1.165, 1.54) is 33.4 Å². The van der Waals surface area contributed by atoms with Gasteiger partial charge < -0.3 is 19.6 Å². The maximum atomic E-state index is 14.0. The zero-order valence-corrected chi connectivity index (χ0v) is 36.3. The molecule has 0 saturated carbocycles. The van der Waals surface area contributed by atoms with Gasteiger partial charge >= 0.3 is 6.09 Å². The molecule has 7 heteroatoms. The highest BCUT2D eigenvalue weighted by Gasteiger charge is 2.38. The molecule has 5 nitrogen and oxygen atoms in total. The number of amides is 1. The van der Waals surface area contributed by atoms with Gasteiger partial charge in [0.15, 0.2) is 0 Å². The van der Waals surface area contributed by atoms with Crippen LogP contribution in [0.1, 0.15) is 60.6 Å². The van der Waals surface area contributed by atoms with Crippen LogP contribution in [0.25, 0.3) is 0 Å². The van der Waals surface area contributed by atoms with Crippen LogP contribution in [0.2, 0.25) is 0 Å². The summed E-state index contributed by atoms with van der Waals surface area (Å²) in [5.41, 5.74) is 6.64. The molecule has 0 atom stereocenters. The molecule has 0 saturated heterocycles. The summed E-state index contributed by atoms with van der Waals surface area (Å²) in [6.07, 6.45) is 0.345. The number of aliphatic hydroxyl groups excluding tert-OH is 1. The fourth-order valence-electron chi connectivity index (χ4n) is 7.69. The third kappa shape index (κ3) is 11.3. The predicted octanol–water partition coefficient (Wildman–Crippen LogP) is 11.4. The zero-order valence-electron chi connectivity index (χ0n) is 34.7. The van der Waals surface area contributed by atoms with Crippen LogP contribution in [-0.4, -0.2) is 77.4 Å². The zero-order chi connectivity index (χ0) is 41.4. The molecule has 0 aliphatic heterocycles. The first-order chi connectivity index (χ1) is 28.8. The lowest BCUT2D eigenvalue weighted by molar-refractivity contribution is 0.0244. The van der Waals surface area contributed by atoms with Crippen molar-refractivity contribution in [2.45, 2.75) is 42.3 Å². The quantitative estimate of drug-likeness (QED) is 0.0774. The van der Waals surface area contributed by atoms with Crippen molar-refractivity contribution in [3.8, 4) is 0 Å². The Morgan fingerprint density at radius 1 is 0.475 bits per heavy atom. The molecule has 0 spiro atoms. The number of nitrogens with zero attached hydrogens (tertiary/aromatic N) is 2. The van der Waals surface area contributed by atoms with Gasteiger partial charge in [-0.05, 0) is 60.6 Å². The maximum absolute atomic E-state index is 14.0. The topological polar surface area (TPSA) is 53.0 Å². The number of carbonyl (C=O) groups excluding carboxylic acids is 1. The van der Waals surface area contributed by atoms with Crippen molar-refractivity contribution in [1.82, 2.24) is 9.80 Å². The van der Waals surface area contributed by atoms with Crippen LogP contribution in [-0.2, 0) is 14.2 Å². The second-order valence-electron chi connectivity index (χ2n) is 15.6. The summed E-state index contributed by atoms with van der Waals surface area (Å²) >= 11 is 3.79. The van der Waals surface area contributed by atoms with Gasteiger partial charge in [0, 0.05) is 50.8 Å². The first-order valence-electron chi connectivity index (χ1n) is 20.7. The van der Waals surface area contributed by atoms with E-state index in [0.29, 0.717) is 31.8 Å². The SMILES string of the molecule is CC(C)(C)OC(=O)N(CCSC(c1ccccc1)(c1ccccc1)c1ccccc1)CCN(CCCO)CCSC(c1ccccc1)(c1ccccc1)c1ccccc1. The standard InChI is InChI=1S/C52H58N2O3S2/c1-50(2,3)57-49(56)54(39-42-59-52(46-29-16-7-17-30-46,47-31-18-8-19-32-47)48-33-20-9-21-34-48)37-36-53(35-22-40-55)38-41-58-51(43-23-10-4-11-24-43,44-25-12-5-13-26-44)45-27-14-6-15-28-45/h4-21,23-34,55H,22,35-42H2,1-3H3. The molecule has 0 aliphatic rings. The van der Waals surface area contributed by atoms with Gasteiger partial charge in [-0.2, -0.15) is 0 Å². The summed E-state index contributed by atoms with van der Waals surface area (Å²) in [4.78, 5) is 18.3. The van der Waals surface area contributed by atoms with Crippen LogP contribution < -0.4 is 0 Å². The molecule has 1 amide bonds. The highest BCUT2D eigenvalue weighted by atomic mass is 32.2. The van der Waals surface area contributed by atoms with E-state index in [0.717, 1.165) is 18.8 Å². The van der Waals surface area contributed by atoms with E-state index in [1.54, 1.807) is 0 Å². The van der Waals surface area contributed by atoms with Gasteiger partial charge in [-0.3, -0.25) is 0 Å². The molecule has 0 aliphatic carbocycles. The monoisotopic (exact) mass is 822 g/mol. The molecule has 0 heterocycles. The van der Waals surface area contributed by atoms with E-state index in [1.807, 2.05) is 49.2 Å². The lowest BCUT2D eigenvalue weighted by Gasteiger charge is -2.37. The third-order valence-electron chi connectivity index (χ3n) is 10.5. The number of ether oxygens (including phenoxy) is 1. The molecular weight excluding hydrogens is 765 g/mol. The molecule has 59 heavy (non-hydrogen) atoms. The van der Waals surface area contributed by atoms with Crippen LogP contribution in [0, 0.1) is 0 Å². The first kappa shape index (κ1) is 43.8. The number of carbonyl (C=O) groups is 1. The van der Waals surface area contributed by atoms with E-state index >= 15 is 0 Å². The number of thioether (sulfide) groups is 2. The Kier molecular flexibility index (Phi) is 15.9. The second kappa shape index (κ2) is 21.5. The molecule has 6 rings (SSSR count). The molecule has 1 N–H and O–H groups in total. The lowest BCUT2D eigenvalue weighted by atomic mass is 9.84. The summed E-state index contributed by atoms with van der Waals surface area (Å²) in [6.45, 7) is 9.05. The number of rotatable bonds is 20. The molecule has 6 aromatic rings. The summed E-state index contributed by atoms with van der Waals surface area (Å²) in [7, 11) is 0. The van der Waals surface area contributed by atoms with E-state index in [9.17, 15) is 9.90 Å². The smallest absolute Gasteiger partial charge is 0.410 e. The predicted molar refractivity (Wildman–Crippen MR) is 249 cm³/mol. The fourth-order valence-corrected chi connectivity index (χ4v) is 10.8. The Hall–Kier alpha value is -4.79. The minimum atomic E-state index is -0.632. The van der Waals surface area contributed by atoms with Gasteiger partial charge in [0.1, 0.15) is 5.60 Å². The van der Waals surface area contributed by atoms with Crippen molar-refractivity contribution in [2.24, 2.45) is 0 Å². The van der Waals surface area contributed by atoms with Crippen molar-refractivity contribution in [3.63, 3.8) is 0 Å². The van der Waals surface area contributed by atoms with Crippen LogP contribution >= 0.6 is 23.5 Å². The minimum absolute atomic E-state index is 0.110. The van der Waals surface area contributed by atoms with Gasteiger partial charge in [0.25, 0.3) is 0 Å². The molecule has 0 bridgehead atoms. The average Bonchev–Trinajstić information content (AvgIpc) is 3.28. The van der Waals surface area contributed by atoms with Crippen LogP contribution in [0.15, 0.2) is 182 Å². The van der Waals surface area contributed by atoms with E-state index in [-0.39, 0.29) is 12.7 Å². The molecule has 6 aromatic carbocycles. The van der Waals surface area contributed by atoms with Gasteiger partial charge in [-0.25, -0.2) is 4.79 Å². The molecule has 0 unspecified atom stereocenters. The highest BCUT2D eigenvalue weighted by Crippen LogP contribution is 2.49. The lowest BCUT2D eigenvalue weighted by Crippen LogP contribution is -2.43. The van der Waals surface area contributed by atoms with Gasteiger partial charge in [0.2, 0.25) is 0 Å². The molecule has 306 valence electrons. The molecular formula is C52H58N2O3S2. The Balaban J connectivity index is 1.24. The summed E-state index contributed by atoms with van der Waals surface area (Å²) in [5.74, 6) is 1.51. The maximum Gasteiger partial charge on any atom is 0.410 e. The van der Waals surface area contributed by atoms with E-state index in [4.69, 9.17) is 4.74 Å². The number of benzene rings is 6. The third-order valence-corrected chi connectivity index (χ3v) is 13.5. The molecule has 0 aromatic heterocycles. The van der Waals surface area contributed by atoms with Crippen LogP contribution in [0.3, 0.4) is 0 Å². The van der Waals surface area contributed by atoms with E-state index < -0.39 is 15.1 Å². The fraction of sp³-hybridized carbons (Fsp3) is 0.288. The van der Waals surface area contributed by atoms with Crippen molar-refractivity contribution in [3.05, 3.63) is 215 Å². The van der Waals surface area contributed by atoms with Crippen molar-refractivity contribution in [2.75, 3.05) is 50.8 Å². The van der Waals surface area contributed by atoms with Crippen LogP contribution in [0.4, 0.5) is 4.79 Å². The Morgan fingerprint density at radius 3 is 1.10 bits per heavy atom. The normalized spacial score (nSPS) is 12.0. The first-order valence-corrected chi connectivity index (χ1v) is 22.7. The van der Waals surface area contributed by atoms with Gasteiger partial charge in [-0.15, -0.1) is 23.5 Å².